The Labute approximate surface area is 355 Å². The summed E-state index contributed by atoms with van der Waals surface area (Å²) < 4.78 is 72.2. The number of benzene rings is 2. The molecule has 2 aliphatic rings. The first-order chi connectivity index (χ1) is 28.1. The van der Waals surface area contributed by atoms with Gasteiger partial charge in [0.2, 0.25) is 0 Å². The Kier molecular flexibility index (Phi) is 18.4. The van der Waals surface area contributed by atoms with E-state index in [9.17, 15) is 0 Å². The van der Waals surface area contributed by atoms with Crippen LogP contribution in [-0.4, -0.2) is 86.9 Å². The zero-order chi connectivity index (χ0) is 44.6. The van der Waals surface area contributed by atoms with Crippen LogP contribution >= 0.6 is 0 Å². The third-order valence-electron chi connectivity index (χ3n) is 8.63. The summed E-state index contributed by atoms with van der Waals surface area (Å²) in [4.78, 5) is 12.6. The summed E-state index contributed by atoms with van der Waals surface area (Å²) in [6.07, 6.45) is 24.8. The Morgan fingerprint density at radius 1 is 0.400 bits per heavy atom. The Morgan fingerprint density at radius 2 is 0.633 bits per heavy atom. The molecule has 2 aliphatic carbocycles. The highest BCUT2D eigenvalue weighted by Gasteiger charge is 2.15. The molecule has 0 bridgehead atoms. The topological polar surface area (TPSA) is 223 Å². The van der Waals surface area contributed by atoms with E-state index in [4.69, 9.17) is 37.3 Å². The highest BCUT2D eigenvalue weighted by molar-refractivity contribution is 6.04. The highest BCUT2D eigenvalue weighted by Crippen LogP contribution is 2.32. The molecule has 2 aromatic heterocycles. The maximum atomic E-state index is 8.49. The summed E-state index contributed by atoms with van der Waals surface area (Å²) in [5.74, 6) is 0. The summed E-state index contributed by atoms with van der Waals surface area (Å²) >= 11 is 0. The zero-order valence-corrected chi connectivity index (χ0v) is 36.1. The second-order valence-electron chi connectivity index (χ2n) is 13.7. The molecule has 0 amide bonds. The smallest absolute Gasteiger partial charge is 0.199 e. The van der Waals surface area contributed by atoms with Gasteiger partial charge in [-0.3, -0.25) is 9.97 Å². The third-order valence-corrected chi connectivity index (χ3v) is 8.63. The predicted molar refractivity (Wildman–Crippen MR) is 213 cm³/mol. The van der Waals surface area contributed by atoms with Crippen LogP contribution in [0.5, 0.6) is 0 Å². The standard InChI is InChI=1S/2C22H24N3.2ClHO4/c2*1-24(2)20-9-5-17(6-10-20)22(19-13-15-23-16-14-19)18-7-11-21(12-8-18)25(3)4;2*2-1(3,4)5/h2*5-16H,1-4H3;2*(H,2,3,4,5)/q2*+1;;/p-2. The lowest BCUT2D eigenvalue weighted by Crippen LogP contribution is -2.68. The largest absolute Gasteiger partial charge is 0.378 e. The number of rotatable bonds is 6. The monoisotopic (exact) mass is 858 g/mol. The van der Waals surface area contributed by atoms with E-state index in [1.807, 2.05) is 24.8 Å². The van der Waals surface area contributed by atoms with E-state index in [2.05, 4.69) is 207 Å². The van der Waals surface area contributed by atoms with Crippen molar-refractivity contribution in [1.29, 1.82) is 0 Å². The molecular weight excluding hydrogens is 811 g/mol. The number of anilines is 2. The lowest BCUT2D eigenvalue weighted by molar-refractivity contribution is -2.00. The van der Waals surface area contributed by atoms with Crippen LogP contribution in [0.1, 0.15) is 22.3 Å². The molecule has 0 aliphatic heterocycles. The van der Waals surface area contributed by atoms with Crippen LogP contribution in [0.3, 0.4) is 0 Å². The van der Waals surface area contributed by atoms with E-state index < -0.39 is 20.5 Å². The van der Waals surface area contributed by atoms with Crippen molar-refractivity contribution in [3.63, 3.8) is 0 Å². The summed E-state index contributed by atoms with van der Waals surface area (Å²) in [6.45, 7) is 0. The van der Waals surface area contributed by atoms with Gasteiger partial charge in [0.1, 0.15) is 28.2 Å². The minimum absolute atomic E-state index is 1.17. The molecule has 14 nitrogen and oxygen atoms in total. The van der Waals surface area contributed by atoms with E-state index in [0.29, 0.717) is 0 Å². The van der Waals surface area contributed by atoms with E-state index in [1.54, 1.807) is 0 Å². The summed E-state index contributed by atoms with van der Waals surface area (Å²) in [7, 11) is 6.58. The number of hydrogen-bond donors (Lipinski definition) is 0. The zero-order valence-electron chi connectivity index (χ0n) is 34.6. The van der Waals surface area contributed by atoms with E-state index in [-0.39, 0.29) is 0 Å². The van der Waals surface area contributed by atoms with Crippen molar-refractivity contribution >= 4 is 33.9 Å². The Balaban J connectivity index is 0.000000262. The number of aromatic nitrogens is 2. The second kappa shape index (κ2) is 22.7. The molecule has 0 saturated carbocycles. The Bertz CT molecular complexity index is 2050. The van der Waals surface area contributed by atoms with Gasteiger partial charge >= 0.3 is 0 Å². The quantitative estimate of drug-likeness (QED) is 0.194. The molecular formula is C44H48Cl2N6O8. The van der Waals surface area contributed by atoms with Gasteiger partial charge in [0, 0.05) is 88.7 Å². The van der Waals surface area contributed by atoms with Crippen LogP contribution in [0.25, 0.3) is 11.1 Å². The summed E-state index contributed by atoms with van der Waals surface area (Å²) in [5.41, 5.74) is 14.4. The number of hydrogen-bond acceptors (Lipinski definition) is 12. The maximum absolute atomic E-state index is 8.49. The average molecular weight is 860 g/mol. The van der Waals surface area contributed by atoms with Gasteiger partial charge in [-0.25, -0.2) is 46.4 Å². The van der Waals surface area contributed by atoms with Crippen molar-refractivity contribution < 1.29 is 66.9 Å². The lowest BCUT2D eigenvalue weighted by Gasteiger charge is -2.17. The van der Waals surface area contributed by atoms with Gasteiger partial charge in [-0.15, -0.1) is 20.5 Å². The van der Waals surface area contributed by atoms with Gasteiger partial charge in [0.05, 0.1) is 0 Å². The second-order valence-corrected chi connectivity index (χ2v) is 15.3. The maximum Gasteiger partial charge on any atom is 0.199 e. The number of nitrogens with zero attached hydrogens (tertiary/aromatic N) is 6. The fraction of sp³-hybridized carbons (Fsp3) is 0.182. The molecule has 0 unspecified atom stereocenters. The summed E-state index contributed by atoms with van der Waals surface area (Å²) in [5, 5.41) is 0. The molecule has 0 spiro atoms. The lowest BCUT2D eigenvalue weighted by atomic mass is 9.91. The molecule has 316 valence electrons. The van der Waals surface area contributed by atoms with Gasteiger partial charge in [-0.1, -0.05) is 24.3 Å². The van der Waals surface area contributed by atoms with Crippen molar-refractivity contribution in [3.8, 4) is 0 Å². The first-order valence-corrected chi connectivity index (χ1v) is 20.5. The molecule has 16 heteroatoms. The molecule has 4 aromatic rings. The van der Waals surface area contributed by atoms with Crippen LogP contribution in [0.2, 0.25) is 0 Å². The van der Waals surface area contributed by atoms with Gasteiger partial charge < -0.3 is 9.80 Å². The molecule has 0 N–H and O–H groups in total. The SMILES string of the molecule is CN(C)c1ccc(C(=C2C=CC(=[N+](C)C)C=C2)c2ccncc2)cc1.CN(C)c1ccc(C(=C2C=CC(=[N+](C)C)C=C2)c2ccncc2)cc1.[O-][Cl+3]([O-])([O-])[O-].[O-][Cl+3]([O-])([O-])[O-]. The normalized spacial score (nSPS) is 12.9. The van der Waals surface area contributed by atoms with Gasteiger partial charge in [-0.2, -0.15) is 0 Å². The highest BCUT2D eigenvalue weighted by atomic mass is 35.7. The van der Waals surface area contributed by atoms with Crippen LogP contribution in [0, 0.1) is 20.5 Å². The molecule has 60 heavy (non-hydrogen) atoms. The number of halogens is 2. The van der Waals surface area contributed by atoms with Gasteiger partial charge in [-0.05, 0) is 117 Å². The molecule has 0 saturated heterocycles. The molecule has 0 radical (unpaired) electrons. The predicted octanol–water partition coefficient (Wildman–Crippen LogP) is -1.93. The third kappa shape index (κ3) is 16.9. The molecule has 0 atom stereocenters. The number of pyridine rings is 2. The molecule has 2 heterocycles. The van der Waals surface area contributed by atoms with Gasteiger partial charge in [0.15, 0.2) is 11.4 Å². The van der Waals surface area contributed by atoms with Crippen molar-refractivity contribution in [3.05, 3.63) is 180 Å². The van der Waals surface area contributed by atoms with E-state index >= 15 is 0 Å². The Morgan fingerprint density at radius 3 is 0.850 bits per heavy atom. The fourth-order valence-corrected chi connectivity index (χ4v) is 5.74. The molecule has 6 rings (SSSR count). The van der Waals surface area contributed by atoms with Crippen LogP contribution in [0.4, 0.5) is 11.4 Å². The minimum Gasteiger partial charge on any atom is -0.378 e. The van der Waals surface area contributed by atoms with Crippen LogP contribution in [0.15, 0.2) is 157 Å². The molecule has 2 aromatic carbocycles. The van der Waals surface area contributed by atoms with Crippen molar-refractivity contribution in [2.45, 2.75) is 0 Å². The minimum atomic E-state index is -4.94. The van der Waals surface area contributed by atoms with E-state index in [1.165, 1.54) is 67.3 Å². The van der Waals surface area contributed by atoms with E-state index in [0.717, 1.165) is 0 Å². The Hall–Kier alpha value is -5.62. The molecule has 0 fully saturated rings. The van der Waals surface area contributed by atoms with Gasteiger partial charge in [0.25, 0.3) is 0 Å². The van der Waals surface area contributed by atoms with Crippen molar-refractivity contribution in [1.82, 2.24) is 9.97 Å². The average Bonchev–Trinajstić information content (AvgIpc) is 3.19. The first-order valence-electron chi connectivity index (χ1n) is 18.0. The van der Waals surface area contributed by atoms with Crippen molar-refractivity contribution in [2.24, 2.45) is 0 Å². The van der Waals surface area contributed by atoms with Crippen LogP contribution in [-0.2, 0) is 0 Å². The fourth-order valence-electron chi connectivity index (χ4n) is 5.74. The first kappa shape index (κ1) is 48.7. The number of allylic oxidation sites excluding steroid dienone is 10. The van der Waals surface area contributed by atoms with Crippen molar-refractivity contribution in [2.75, 3.05) is 66.2 Å². The van der Waals surface area contributed by atoms with Crippen LogP contribution < -0.4 is 47.1 Å². The summed E-state index contributed by atoms with van der Waals surface area (Å²) in [6, 6.07) is 25.6.